The fourth-order valence-electron chi connectivity index (χ4n) is 3.75. The van der Waals surface area contributed by atoms with Crippen molar-refractivity contribution < 1.29 is 19.1 Å². The van der Waals surface area contributed by atoms with E-state index in [0.717, 1.165) is 0 Å². The smallest absolute Gasteiger partial charge is 0.355 e. The molecule has 0 aliphatic carbocycles. The van der Waals surface area contributed by atoms with Crippen LogP contribution in [0.25, 0.3) is 0 Å². The number of amides is 1. The van der Waals surface area contributed by atoms with Crippen LogP contribution in [0, 0.1) is 19.8 Å². The lowest BCUT2D eigenvalue weighted by Crippen LogP contribution is -2.45. The Kier molecular flexibility index (Phi) is 8.07. The Morgan fingerprint density at radius 1 is 1.10 bits per heavy atom. The van der Waals surface area contributed by atoms with E-state index in [4.69, 9.17) is 16.3 Å². The van der Waals surface area contributed by atoms with Crippen LogP contribution < -0.4 is 0 Å². The largest absolute Gasteiger partial charge is 0.461 e. The number of aromatic nitrogens is 1. The number of hydrogen-bond donors (Lipinski definition) is 0. The van der Waals surface area contributed by atoms with E-state index in [9.17, 15) is 14.4 Å². The monoisotopic (exact) mass is 446 g/mol. The van der Waals surface area contributed by atoms with E-state index in [0.29, 0.717) is 39.6 Å². The van der Waals surface area contributed by atoms with Crippen molar-refractivity contribution in [2.45, 2.75) is 47.6 Å². The van der Waals surface area contributed by atoms with Crippen molar-refractivity contribution in [2.24, 2.45) is 13.0 Å². The Balaban J connectivity index is 2.46. The van der Waals surface area contributed by atoms with Crippen molar-refractivity contribution in [1.82, 2.24) is 9.47 Å². The van der Waals surface area contributed by atoms with Gasteiger partial charge in [-0.25, -0.2) is 4.79 Å². The number of benzene rings is 1. The molecule has 0 fully saturated rings. The van der Waals surface area contributed by atoms with Crippen molar-refractivity contribution in [2.75, 3.05) is 13.2 Å². The van der Waals surface area contributed by atoms with Gasteiger partial charge in [0.15, 0.2) is 5.78 Å². The molecule has 2 aromatic rings. The Morgan fingerprint density at radius 3 is 2.19 bits per heavy atom. The summed E-state index contributed by atoms with van der Waals surface area (Å²) in [5.41, 5.74) is 2.52. The molecule has 0 bridgehead atoms. The van der Waals surface area contributed by atoms with Crippen molar-refractivity contribution in [3.05, 3.63) is 57.4 Å². The van der Waals surface area contributed by atoms with Crippen molar-refractivity contribution >= 4 is 29.3 Å². The van der Waals surface area contributed by atoms with Gasteiger partial charge in [-0.05, 0) is 63.4 Å². The van der Waals surface area contributed by atoms with Gasteiger partial charge in [0.1, 0.15) is 5.69 Å². The van der Waals surface area contributed by atoms with Crippen LogP contribution in [0.2, 0.25) is 5.02 Å². The van der Waals surface area contributed by atoms with Crippen LogP contribution in [0.4, 0.5) is 0 Å². The summed E-state index contributed by atoms with van der Waals surface area (Å²) in [4.78, 5) is 40.8. The second kappa shape index (κ2) is 10.1. The number of carbonyl (C=O) groups is 3. The molecule has 1 amide bonds. The molecule has 1 atom stereocenters. The van der Waals surface area contributed by atoms with E-state index in [1.807, 2.05) is 13.8 Å². The average Bonchev–Trinajstić information content (AvgIpc) is 2.93. The summed E-state index contributed by atoms with van der Waals surface area (Å²) in [7, 11) is 1.74. The van der Waals surface area contributed by atoms with Crippen LogP contribution >= 0.6 is 11.6 Å². The first kappa shape index (κ1) is 24.7. The van der Waals surface area contributed by atoms with Gasteiger partial charge < -0.3 is 14.2 Å². The molecular formula is C24H31ClN2O4. The first-order valence-corrected chi connectivity index (χ1v) is 10.8. The minimum atomic E-state index is -0.708. The molecule has 0 saturated carbocycles. The highest BCUT2D eigenvalue weighted by Gasteiger charge is 2.33. The zero-order valence-corrected chi connectivity index (χ0v) is 20.0. The van der Waals surface area contributed by atoms with Gasteiger partial charge in [0.2, 0.25) is 0 Å². The van der Waals surface area contributed by atoms with Crippen LogP contribution in [-0.2, 0) is 11.8 Å². The molecule has 0 aliphatic rings. The predicted octanol–water partition coefficient (Wildman–Crippen LogP) is 4.84. The second-order valence-corrected chi connectivity index (χ2v) is 8.55. The maximum absolute atomic E-state index is 13.6. The molecule has 168 valence electrons. The fourth-order valence-corrected chi connectivity index (χ4v) is 3.87. The molecule has 1 aromatic carbocycles. The van der Waals surface area contributed by atoms with Crippen molar-refractivity contribution in [3.8, 4) is 0 Å². The number of carbonyl (C=O) groups excluding carboxylic acids is 3. The van der Waals surface area contributed by atoms with Gasteiger partial charge in [-0.15, -0.1) is 0 Å². The van der Waals surface area contributed by atoms with Crippen LogP contribution in [-0.4, -0.2) is 46.3 Å². The third-order valence-corrected chi connectivity index (χ3v) is 5.66. The minimum Gasteiger partial charge on any atom is -0.461 e. The zero-order valence-electron chi connectivity index (χ0n) is 19.3. The first-order chi connectivity index (χ1) is 14.5. The van der Waals surface area contributed by atoms with Gasteiger partial charge in [-0.2, -0.15) is 0 Å². The SMILES string of the molecule is CCOC(=O)c1c(C)c(C(=O)C(C)N(CC(C)C)C(=O)c2ccc(Cl)cc2)c(C)n1C. The van der Waals surface area contributed by atoms with Gasteiger partial charge in [0, 0.05) is 35.4 Å². The molecule has 6 nitrogen and oxygen atoms in total. The van der Waals surface area contributed by atoms with E-state index < -0.39 is 12.0 Å². The standard InChI is InChI=1S/C24H31ClN2O4/c1-8-31-24(30)21-15(4)20(16(5)26(21)7)22(28)17(6)27(13-14(2)3)23(29)18-9-11-19(25)12-10-18/h9-12,14,17H,8,13H2,1-7H3. The summed E-state index contributed by atoms with van der Waals surface area (Å²) < 4.78 is 6.84. The van der Waals surface area contributed by atoms with Gasteiger partial charge >= 0.3 is 5.97 Å². The number of nitrogens with zero attached hydrogens (tertiary/aromatic N) is 2. The van der Waals surface area contributed by atoms with Crippen LogP contribution in [0.15, 0.2) is 24.3 Å². The van der Waals surface area contributed by atoms with Crippen LogP contribution in [0.1, 0.15) is 70.2 Å². The Labute approximate surface area is 189 Å². The van der Waals surface area contributed by atoms with Gasteiger partial charge in [-0.1, -0.05) is 25.4 Å². The van der Waals surface area contributed by atoms with Gasteiger partial charge in [0.05, 0.1) is 12.6 Å². The zero-order chi connectivity index (χ0) is 23.5. The van der Waals surface area contributed by atoms with Crippen molar-refractivity contribution in [1.29, 1.82) is 0 Å². The molecule has 31 heavy (non-hydrogen) atoms. The van der Waals surface area contributed by atoms with Crippen molar-refractivity contribution in [3.63, 3.8) is 0 Å². The summed E-state index contributed by atoms with van der Waals surface area (Å²) >= 11 is 5.95. The summed E-state index contributed by atoms with van der Waals surface area (Å²) in [6.45, 7) is 11.7. The summed E-state index contributed by atoms with van der Waals surface area (Å²) in [5, 5.41) is 0.540. The molecule has 0 radical (unpaired) electrons. The molecule has 1 aromatic heterocycles. The van der Waals surface area contributed by atoms with Gasteiger partial charge in [0.25, 0.3) is 5.91 Å². The van der Waals surface area contributed by atoms with Crippen LogP contribution in [0.5, 0.6) is 0 Å². The Bertz CT molecular complexity index is 976. The molecule has 7 heteroatoms. The van der Waals surface area contributed by atoms with E-state index in [1.165, 1.54) is 0 Å². The number of halogens is 1. The summed E-state index contributed by atoms with van der Waals surface area (Å²) in [6.07, 6.45) is 0. The quantitative estimate of drug-likeness (QED) is 0.429. The normalized spacial score (nSPS) is 12.0. The lowest BCUT2D eigenvalue weighted by Gasteiger charge is -2.30. The average molecular weight is 447 g/mol. The lowest BCUT2D eigenvalue weighted by molar-refractivity contribution is 0.0513. The van der Waals surface area contributed by atoms with E-state index >= 15 is 0 Å². The molecule has 0 N–H and O–H groups in total. The molecule has 0 spiro atoms. The molecule has 0 saturated heterocycles. The maximum atomic E-state index is 13.6. The Hall–Kier alpha value is -2.60. The van der Waals surface area contributed by atoms with Gasteiger partial charge in [-0.3, -0.25) is 9.59 Å². The number of Topliss-reactive ketones (excluding diaryl/α,β-unsaturated/α-hetero) is 1. The minimum absolute atomic E-state index is 0.166. The number of esters is 1. The third-order valence-electron chi connectivity index (χ3n) is 5.41. The number of hydrogen-bond acceptors (Lipinski definition) is 4. The predicted molar refractivity (Wildman–Crippen MR) is 122 cm³/mol. The molecule has 2 rings (SSSR count). The summed E-state index contributed by atoms with van der Waals surface area (Å²) in [6, 6.07) is 5.93. The molecular weight excluding hydrogens is 416 g/mol. The van der Waals surface area contributed by atoms with E-state index in [2.05, 4.69) is 0 Å². The number of ketones is 1. The molecule has 0 aliphatic heterocycles. The first-order valence-electron chi connectivity index (χ1n) is 10.4. The lowest BCUT2D eigenvalue weighted by atomic mass is 9.98. The highest BCUT2D eigenvalue weighted by molar-refractivity contribution is 6.30. The molecule has 1 unspecified atom stereocenters. The maximum Gasteiger partial charge on any atom is 0.355 e. The third kappa shape index (κ3) is 5.18. The fraction of sp³-hybridized carbons (Fsp3) is 0.458. The molecule has 1 heterocycles. The second-order valence-electron chi connectivity index (χ2n) is 8.11. The summed E-state index contributed by atoms with van der Waals surface area (Å²) in [5.74, 6) is -0.736. The highest BCUT2D eigenvalue weighted by atomic mass is 35.5. The Morgan fingerprint density at radius 2 is 1.68 bits per heavy atom. The van der Waals surface area contributed by atoms with E-state index in [1.54, 1.807) is 68.5 Å². The topological polar surface area (TPSA) is 68.6 Å². The highest BCUT2D eigenvalue weighted by Crippen LogP contribution is 2.25. The van der Waals surface area contributed by atoms with E-state index in [-0.39, 0.29) is 24.2 Å². The number of ether oxygens (including phenoxy) is 1. The number of rotatable bonds is 8. The van der Waals surface area contributed by atoms with Crippen LogP contribution in [0.3, 0.4) is 0 Å².